The molecule has 0 aliphatic carbocycles. The zero-order valence-electron chi connectivity index (χ0n) is 8.20. The third-order valence-electron chi connectivity index (χ3n) is 1.65. The molecular weight excluding hydrogens is 230 g/mol. The third kappa shape index (κ3) is 4.14. The van der Waals surface area contributed by atoms with Crippen LogP contribution in [0.4, 0.5) is 5.69 Å². The lowest BCUT2D eigenvalue weighted by Crippen LogP contribution is -1.87. The van der Waals surface area contributed by atoms with Gasteiger partial charge < -0.3 is 5.11 Å². The molecule has 1 rings (SSSR count). The Morgan fingerprint density at radius 3 is 2.56 bits per heavy atom. The van der Waals surface area contributed by atoms with E-state index in [1.54, 1.807) is 12.1 Å². The molecule has 0 saturated heterocycles. The summed E-state index contributed by atoms with van der Waals surface area (Å²) < 4.78 is 0. The Labute approximate surface area is 95.9 Å². The Kier molecular flexibility index (Phi) is 4.53. The van der Waals surface area contributed by atoms with Crippen molar-refractivity contribution in [1.82, 2.24) is 0 Å². The fraction of sp³-hybridized carbons (Fsp3) is 0.100. The molecule has 84 valence electrons. The van der Waals surface area contributed by atoms with Crippen molar-refractivity contribution in [3.63, 3.8) is 0 Å². The number of nitro benzene ring substituents is 1. The summed E-state index contributed by atoms with van der Waals surface area (Å²) in [7, 11) is 0. The Balaban J connectivity index is 2.49. The molecule has 0 heterocycles. The molecule has 1 aromatic rings. The van der Waals surface area contributed by atoms with Crippen molar-refractivity contribution in [2.24, 2.45) is 0 Å². The predicted octanol–water partition coefficient (Wildman–Crippen LogP) is 2.33. The van der Waals surface area contributed by atoms with Gasteiger partial charge in [-0.1, -0.05) is 6.08 Å². The molecule has 5 nitrogen and oxygen atoms in total. The van der Waals surface area contributed by atoms with Gasteiger partial charge in [0.1, 0.15) is 0 Å². The van der Waals surface area contributed by atoms with Gasteiger partial charge in [-0.05, 0) is 12.1 Å². The maximum absolute atomic E-state index is 10.4. The SMILES string of the molecule is O=C(O)C=CCSc1ccc([N+](=O)[O-])cc1. The fourth-order valence-corrected chi connectivity index (χ4v) is 1.67. The van der Waals surface area contributed by atoms with Crippen LogP contribution in [0.2, 0.25) is 0 Å². The average molecular weight is 239 g/mol. The van der Waals surface area contributed by atoms with Crippen molar-refractivity contribution in [2.75, 3.05) is 5.75 Å². The van der Waals surface area contributed by atoms with Crippen LogP contribution >= 0.6 is 11.8 Å². The monoisotopic (exact) mass is 239 g/mol. The molecule has 0 saturated carbocycles. The van der Waals surface area contributed by atoms with Gasteiger partial charge >= 0.3 is 5.97 Å². The zero-order chi connectivity index (χ0) is 12.0. The highest BCUT2D eigenvalue weighted by Gasteiger charge is 2.03. The number of thioether (sulfide) groups is 1. The summed E-state index contributed by atoms with van der Waals surface area (Å²) in [4.78, 5) is 20.9. The highest BCUT2D eigenvalue weighted by atomic mass is 32.2. The number of carboxylic acids is 1. The third-order valence-corrected chi connectivity index (χ3v) is 2.62. The molecule has 0 aliphatic rings. The first-order chi connectivity index (χ1) is 7.59. The first-order valence-corrected chi connectivity index (χ1v) is 5.35. The first kappa shape index (κ1) is 12.3. The maximum atomic E-state index is 10.4. The molecule has 0 fully saturated rings. The lowest BCUT2D eigenvalue weighted by atomic mass is 10.3. The number of hydrogen-bond acceptors (Lipinski definition) is 4. The van der Waals surface area contributed by atoms with Gasteiger partial charge in [0.2, 0.25) is 0 Å². The average Bonchev–Trinajstić information content (AvgIpc) is 2.25. The standard InChI is InChI=1S/C10H9NO4S/c12-10(13)2-1-7-16-9-5-3-8(4-6-9)11(14)15/h1-6H,7H2,(H,12,13). The molecule has 0 unspecified atom stereocenters. The van der Waals surface area contributed by atoms with E-state index in [9.17, 15) is 14.9 Å². The molecule has 1 N–H and O–H groups in total. The van der Waals surface area contributed by atoms with Crippen LogP contribution in [-0.2, 0) is 4.79 Å². The number of benzene rings is 1. The van der Waals surface area contributed by atoms with Crippen molar-refractivity contribution in [3.8, 4) is 0 Å². The number of aliphatic carboxylic acids is 1. The normalized spacial score (nSPS) is 10.5. The Morgan fingerprint density at radius 2 is 2.06 bits per heavy atom. The second kappa shape index (κ2) is 5.92. The van der Waals surface area contributed by atoms with Crippen molar-refractivity contribution in [2.45, 2.75) is 4.90 Å². The highest BCUT2D eigenvalue weighted by Crippen LogP contribution is 2.21. The van der Waals surface area contributed by atoms with Crippen LogP contribution in [0.15, 0.2) is 41.3 Å². The van der Waals surface area contributed by atoms with Crippen LogP contribution in [-0.4, -0.2) is 21.8 Å². The number of nitrogens with zero attached hydrogens (tertiary/aromatic N) is 1. The summed E-state index contributed by atoms with van der Waals surface area (Å²) in [6.07, 6.45) is 2.59. The summed E-state index contributed by atoms with van der Waals surface area (Å²) in [5.74, 6) is -0.464. The van der Waals surface area contributed by atoms with E-state index in [4.69, 9.17) is 5.11 Å². The van der Waals surface area contributed by atoms with E-state index in [0.29, 0.717) is 5.75 Å². The minimum Gasteiger partial charge on any atom is -0.478 e. The van der Waals surface area contributed by atoms with E-state index in [0.717, 1.165) is 11.0 Å². The molecule has 0 spiro atoms. The second-order valence-corrected chi connectivity index (χ2v) is 3.90. The minimum absolute atomic E-state index is 0.0467. The number of rotatable bonds is 5. The van der Waals surface area contributed by atoms with Gasteiger partial charge in [0.05, 0.1) is 4.92 Å². The molecule has 16 heavy (non-hydrogen) atoms. The molecule has 0 atom stereocenters. The lowest BCUT2D eigenvalue weighted by molar-refractivity contribution is -0.384. The fourth-order valence-electron chi connectivity index (χ4n) is 0.957. The number of hydrogen-bond donors (Lipinski definition) is 1. The van der Waals surface area contributed by atoms with E-state index < -0.39 is 10.9 Å². The van der Waals surface area contributed by atoms with Gasteiger partial charge in [0.15, 0.2) is 0 Å². The van der Waals surface area contributed by atoms with Gasteiger partial charge in [0, 0.05) is 28.9 Å². The summed E-state index contributed by atoms with van der Waals surface area (Å²) in [5, 5.41) is 18.7. The Morgan fingerprint density at radius 1 is 1.44 bits per heavy atom. The van der Waals surface area contributed by atoms with Crippen LogP contribution in [0.3, 0.4) is 0 Å². The summed E-state index contributed by atoms with van der Waals surface area (Å²) >= 11 is 1.41. The Bertz CT molecular complexity index is 413. The molecule has 6 heteroatoms. The van der Waals surface area contributed by atoms with Gasteiger partial charge in [0.25, 0.3) is 5.69 Å². The number of nitro groups is 1. The molecule has 0 radical (unpaired) electrons. The molecule has 0 bridgehead atoms. The van der Waals surface area contributed by atoms with E-state index in [-0.39, 0.29) is 5.69 Å². The van der Waals surface area contributed by atoms with Gasteiger partial charge in [-0.3, -0.25) is 10.1 Å². The van der Waals surface area contributed by atoms with Crippen molar-refractivity contribution in [3.05, 3.63) is 46.5 Å². The lowest BCUT2D eigenvalue weighted by Gasteiger charge is -1.97. The van der Waals surface area contributed by atoms with E-state index in [1.807, 2.05) is 0 Å². The maximum Gasteiger partial charge on any atom is 0.328 e. The smallest absolute Gasteiger partial charge is 0.328 e. The number of carbonyl (C=O) groups is 1. The largest absolute Gasteiger partial charge is 0.478 e. The molecular formula is C10H9NO4S. The topological polar surface area (TPSA) is 80.4 Å². The minimum atomic E-state index is -0.982. The quantitative estimate of drug-likeness (QED) is 0.369. The summed E-state index contributed by atoms with van der Waals surface area (Å²) in [6, 6.07) is 6.11. The molecule has 0 amide bonds. The van der Waals surface area contributed by atoms with Crippen LogP contribution < -0.4 is 0 Å². The van der Waals surface area contributed by atoms with Gasteiger partial charge in [-0.2, -0.15) is 0 Å². The van der Waals surface area contributed by atoms with Crippen LogP contribution in [0.1, 0.15) is 0 Å². The number of carboxylic acid groups (broad SMARTS) is 1. The van der Waals surface area contributed by atoms with Crippen molar-refractivity contribution >= 4 is 23.4 Å². The van der Waals surface area contributed by atoms with E-state index in [1.165, 1.54) is 30.0 Å². The molecule has 1 aromatic carbocycles. The van der Waals surface area contributed by atoms with Gasteiger partial charge in [-0.25, -0.2) is 4.79 Å². The first-order valence-electron chi connectivity index (χ1n) is 4.36. The van der Waals surface area contributed by atoms with Crippen LogP contribution in [0.25, 0.3) is 0 Å². The molecule has 0 aromatic heterocycles. The van der Waals surface area contributed by atoms with E-state index in [2.05, 4.69) is 0 Å². The summed E-state index contributed by atoms with van der Waals surface area (Å²) in [6.45, 7) is 0. The second-order valence-electron chi connectivity index (χ2n) is 2.80. The van der Waals surface area contributed by atoms with Crippen LogP contribution in [0, 0.1) is 10.1 Å². The molecule has 0 aliphatic heterocycles. The van der Waals surface area contributed by atoms with Gasteiger partial charge in [-0.15, -0.1) is 11.8 Å². The zero-order valence-corrected chi connectivity index (χ0v) is 9.02. The Hall–Kier alpha value is -1.82. The van der Waals surface area contributed by atoms with Crippen molar-refractivity contribution < 1.29 is 14.8 Å². The van der Waals surface area contributed by atoms with Crippen molar-refractivity contribution in [1.29, 1.82) is 0 Å². The highest BCUT2D eigenvalue weighted by molar-refractivity contribution is 7.99. The number of non-ortho nitro benzene ring substituents is 1. The predicted molar refractivity (Wildman–Crippen MR) is 60.6 cm³/mol. The van der Waals surface area contributed by atoms with E-state index >= 15 is 0 Å². The van der Waals surface area contributed by atoms with Crippen LogP contribution in [0.5, 0.6) is 0 Å². The summed E-state index contributed by atoms with van der Waals surface area (Å²) in [5.41, 5.74) is 0.0467.